The summed E-state index contributed by atoms with van der Waals surface area (Å²) in [6, 6.07) is 0. The number of hydrogen-bond donors (Lipinski definition) is 3. The van der Waals surface area contributed by atoms with Gasteiger partial charge in [0.2, 0.25) is 5.91 Å². The van der Waals surface area contributed by atoms with Gasteiger partial charge in [-0.05, 0) is 31.3 Å². The summed E-state index contributed by atoms with van der Waals surface area (Å²) in [5, 5.41) is 9.98. The lowest BCUT2D eigenvalue weighted by Gasteiger charge is -2.07. The van der Waals surface area contributed by atoms with Crippen LogP contribution < -0.4 is 16.4 Å². The summed E-state index contributed by atoms with van der Waals surface area (Å²) in [6.45, 7) is 3.21. The zero-order valence-electron chi connectivity index (χ0n) is 11.7. The van der Waals surface area contributed by atoms with Crippen LogP contribution in [0.2, 0.25) is 0 Å². The molecule has 1 aliphatic rings. The van der Waals surface area contributed by atoms with E-state index in [1.807, 2.05) is 12.3 Å². The van der Waals surface area contributed by atoms with Crippen molar-refractivity contribution in [3.05, 3.63) is 11.1 Å². The van der Waals surface area contributed by atoms with Crippen LogP contribution in [0.4, 0.5) is 10.8 Å². The Morgan fingerprint density at radius 2 is 2.29 bits per heavy atom. The number of amides is 1. The molecule has 2 aromatic rings. The highest BCUT2D eigenvalue weighted by atomic mass is 32.1. The van der Waals surface area contributed by atoms with Crippen molar-refractivity contribution in [2.75, 3.05) is 24.1 Å². The summed E-state index contributed by atoms with van der Waals surface area (Å²) in [7, 11) is 0. The van der Waals surface area contributed by atoms with Gasteiger partial charge < -0.3 is 16.4 Å². The molecule has 0 radical (unpaired) electrons. The Kier molecular flexibility index (Phi) is 4.07. The first-order chi connectivity index (χ1) is 10.1. The quantitative estimate of drug-likeness (QED) is 0.708. The molecule has 0 saturated heterocycles. The smallest absolute Gasteiger partial charge is 0.223 e. The molecule has 1 aliphatic carbocycles. The van der Waals surface area contributed by atoms with Gasteiger partial charge in [-0.15, -0.1) is 11.3 Å². The third kappa shape index (κ3) is 3.33. The lowest BCUT2D eigenvalue weighted by atomic mass is 10.3. The minimum atomic E-state index is 0.163. The molecule has 0 unspecified atom stereocenters. The number of nitrogen functional groups attached to an aromatic ring is 1. The molecule has 21 heavy (non-hydrogen) atoms. The van der Waals surface area contributed by atoms with Crippen LogP contribution in [0.15, 0.2) is 5.38 Å². The van der Waals surface area contributed by atoms with Crippen LogP contribution in [0.1, 0.15) is 18.5 Å². The molecular weight excluding hydrogens is 306 g/mol. The Labute approximate surface area is 130 Å². The van der Waals surface area contributed by atoms with Gasteiger partial charge in [-0.1, -0.05) is 0 Å². The van der Waals surface area contributed by atoms with Gasteiger partial charge >= 0.3 is 0 Å². The van der Waals surface area contributed by atoms with Gasteiger partial charge in [0.05, 0.1) is 5.56 Å². The molecule has 0 bridgehead atoms. The molecule has 112 valence electrons. The number of thiazole rings is 1. The summed E-state index contributed by atoms with van der Waals surface area (Å²) in [6.07, 6.45) is 2.05. The van der Waals surface area contributed by atoms with Crippen molar-refractivity contribution in [2.24, 2.45) is 5.92 Å². The zero-order chi connectivity index (χ0) is 14.8. The first-order valence-electron chi connectivity index (χ1n) is 6.84. The summed E-state index contributed by atoms with van der Waals surface area (Å²) in [4.78, 5) is 16.0. The van der Waals surface area contributed by atoms with E-state index in [0.29, 0.717) is 18.9 Å². The van der Waals surface area contributed by atoms with Crippen molar-refractivity contribution < 1.29 is 4.79 Å². The third-order valence-electron chi connectivity index (χ3n) is 3.21. The molecular formula is C13H17N5OS2. The van der Waals surface area contributed by atoms with Crippen molar-refractivity contribution in [1.29, 1.82) is 0 Å². The number of aromatic nitrogens is 2. The highest BCUT2D eigenvalue weighted by molar-refractivity contribution is 7.15. The first-order valence-corrected chi connectivity index (χ1v) is 8.49. The monoisotopic (exact) mass is 323 g/mol. The molecule has 1 amide bonds. The number of carbonyl (C=O) groups excluding carboxylic acids is 1. The van der Waals surface area contributed by atoms with Crippen LogP contribution in [0.3, 0.4) is 0 Å². The molecule has 0 aliphatic heterocycles. The van der Waals surface area contributed by atoms with Crippen LogP contribution in [0.5, 0.6) is 0 Å². The maximum atomic E-state index is 11.5. The van der Waals surface area contributed by atoms with Crippen LogP contribution in [-0.4, -0.2) is 28.4 Å². The van der Waals surface area contributed by atoms with Gasteiger partial charge in [-0.3, -0.25) is 4.79 Å². The molecule has 8 heteroatoms. The number of rotatable bonds is 6. The van der Waals surface area contributed by atoms with E-state index < -0.39 is 0 Å². The number of hydrogen-bond acceptors (Lipinski definition) is 7. The molecule has 2 heterocycles. The van der Waals surface area contributed by atoms with E-state index in [4.69, 9.17) is 5.73 Å². The lowest BCUT2D eigenvalue weighted by molar-refractivity contribution is -0.122. The number of nitrogens with two attached hydrogens (primary N) is 1. The van der Waals surface area contributed by atoms with E-state index in [1.165, 1.54) is 11.5 Å². The minimum Gasteiger partial charge on any atom is -0.382 e. The van der Waals surface area contributed by atoms with Gasteiger partial charge in [-0.25, -0.2) is 4.98 Å². The Balaban J connectivity index is 1.59. The third-order valence-corrected chi connectivity index (χ3v) is 5.01. The Morgan fingerprint density at radius 3 is 2.95 bits per heavy atom. The number of nitrogens with zero attached hydrogens (tertiary/aromatic N) is 2. The van der Waals surface area contributed by atoms with Crippen LogP contribution in [0, 0.1) is 12.8 Å². The number of carbonyl (C=O) groups is 1. The largest absolute Gasteiger partial charge is 0.382 e. The van der Waals surface area contributed by atoms with Gasteiger partial charge in [0.25, 0.3) is 0 Å². The number of nitrogens with one attached hydrogen (secondary N) is 2. The zero-order valence-corrected chi connectivity index (χ0v) is 13.3. The van der Waals surface area contributed by atoms with E-state index in [-0.39, 0.29) is 11.8 Å². The van der Waals surface area contributed by atoms with Gasteiger partial charge in [-0.2, -0.15) is 4.37 Å². The maximum absolute atomic E-state index is 11.5. The molecule has 0 aromatic carbocycles. The summed E-state index contributed by atoms with van der Waals surface area (Å²) < 4.78 is 4.19. The lowest BCUT2D eigenvalue weighted by Crippen LogP contribution is -2.29. The van der Waals surface area contributed by atoms with Gasteiger partial charge in [0, 0.05) is 30.1 Å². The van der Waals surface area contributed by atoms with Crippen molar-refractivity contribution in [2.45, 2.75) is 19.8 Å². The second-order valence-electron chi connectivity index (χ2n) is 5.06. The van der Waals surface area contributed by atoms with Crippen LogP contribution in [-0.2, 0) is 4.79 Å². The fourth-order valence-electron chi connectivity index (χ4n) is 1.95. The molecule has 0 atom stereocenters. The van der Waals surface area contributed by atoms with Crippen LogP contribution >= 0.6 is 22.9 Å². The normalized spacial score (nSPS) is 14.1. The molecule has 2 aromatic heterocycles. The molecule has 0 spiro atoms. The summed E-state index contributed by atoms with van der Waals surface area (Å²) in [5.41, 5.74) is 7.78. The van der Waals surface area contributed by atoms with E-state index >= 15 is 0 Å². The molecule has 1 saturated carbocycles. The second-order valence-corrected chi connectivity index (χ2v) is 6.69. The van der Waals surface area contributed by atoms with E-state index in [0.717, 1.165) is 34.1 Å². The minimum absolute atomic E-state index is 0.163. The van der Waals surface area contributed by atoms with Crippen molar-refractivity contribution in [3.63, 3.8) is 0 Å². The molecule has 4 N–H and O–H groups in total. The van der Waals surface area contributed by atoms with E-state index in [2.05, 4.69) is 20.0 Å². The van der Waals surface area contributed by atoms with Gasteiger partial charge in [0.15, 0.2) is 0 Å². The van der Waals surface area contributed by atoms with Crippen molar-refractivity contribution in [1.82, 2.24) is 14.7 Å². The maximum Gasteiger partial charge on any atom is 0.223 e. The second kappa shape index (κ2) is 5.98. The molecule has 6 nitrogen and oxygen atoms in total. The number of aryl methyl sites for hydroxylation is 1. The molecule has 3 rings (SSSR count). The van der Waals surface area contributed by atoms with E-state index in [9.17, 15) is 4.79 Å². The Bertz CT molecular complexity index is 647. The van der Waals surface area contributed by atoms with Crippen LogP contribution in [0.25, 0.3) is 10.6 Å². The Morgan fingerprint density at radius 1 is 1.48 bits per heavy atom. The average molecular weight is 323 g/mol. The summed E-state index contributed by atoms with van der Waals surface area (Å²) in [5.74, 6) is 0.910. The SMILES string of the molecule is Cc1csc(-c2c(N)nsc2NCCNC(=O)C2CC2)n1. The standard InChI is InChI=1S/C13H17N5OS2/c1-7-6-20-13(17-7)9-10(14)18-21-12(9)16-5-4-15-11(19)8-2-3-8/h6,8,16H,2-5H2,1H3,(H2,14,18)(H,15,19). The van der Waals surface area contributed by atoms with Crippen molar-refractivity contribution in [3.8, 4) is 10.6 Å². The Hall–Kier alpha value is -1.67. The highest BCUT2D eigenvalue weighted by Crippen LogP contribution is 2.38. The molecule has 1 fully saturated rings. The van der Waals surface area contributed by atoms with Crippen molar-refractivity contribution >= 4 is 39.6 Å². The topological polar surface area (TPSA) is 92.9 Å². The number of anilines is 2. The predicted octanol–water partition coefficient (Wildman–Crippen LogP) is 2.10. The predicted molar refractivity (Wildman–Crippen MR) is 86.6 cm³/mol. The highest BCUT2D eigenvalue weighted by Gasteiger charge is 2.29. The fourth-order valence-corrected chi connectivity index (χ4v) is 3.61. The first kappa shape index (κ1) is 14.3. The summed E-state index contributed by atoms with van der Waals surface area (Å²) >= 11 is 2.88. The van der Waals surface area contributed by atoms with Gasteiger partial charge in [0.1, 0.15) is 15.8 Å². The van der Waals surface area contributed by atoms with E-state index in [1.54, 1.807) is 11.3 Å². The fraction of sp³-hybridized carbons (Fsp3) is 0.462. The average Bonchev–Trinajstić information content (AvgIpc) is 3.14.